The Balaban J connectivity index is 1.81. The lowest BCUT2D eigenvalue weighted by atomic mass is 10.1. The van der Waals surface area contributed by atoms with Gasteiger partial charge in [-0.1, -0.05) is 18.9 Å². The van der Waals surface area contributed by atoms with Gasteiger partial charge in [-0.2, -0.15) is 0 Å². The van der Waals surface area contributed by atoms with Crippen molar-refractivity contribution in [2.45, 2.75) is 62.4 Å². The summed E-state index contributed by atoms with van der Waals surface area (Å²) in [7, 11) is -3.53. The molecule has 0 unspecified atom stereocenters. The molecular weight excluding hydrogens is 312 g/mol. The van der Waals surface area contributed by atoms with Crippen molar-refractivity contribution in [1.82, 2.24) is 9.62 Å². The average molecular weight is 336 g/mol. The third-order valence-corrected chi connectivity index (χ3v) is 6.18. The van der Waals surface area contributed by atoms with Gasteiger partial charge in [-0.3, -0.25) is 4.79 Å². The van der Waals surface area contributed by atoms with Gasteiger partial charge in [0.25, 0.3) is 5.91 Å². The van der Waals surface area contributed by atoms with E-state index >= 15 is 0 Å². The van der Waals surface area contributed by atoms with Gasteiger partial charge in [0.2, 0.25) is 10.0 Å². The van der Waals surface area contributed by atoms with Crippen molar-refractivity contribution < 1.29 is 13.2 Å². The van der Waals surface area contributed by atoms with Crippen molar-refractivity contribution in [2.24, 2.45) is 0 Å². The Morgan fingerprint density at radius 1 is 1.22 bits per heavy atom. The first-order valence-electron chi connectivity index (χ1n) is 8.44. The standard InChI is InChI=1S/C17H24N2O3S/c1-2-19(15-7-3-4-8-15)17(20)13-6-5-9-16(12-13)23(21,22)18-14-10-11-14/h5-6,9,12,14-15,18H,2-4,7-8,10-11H2,1H3. The van der Waals surface area contributed by atoms with E-state index < -0.39 is 10.0 Å². The zero-order valence-electron chi connectivity index (χ0n) is 13.5. The minimum Gasteiger partial charge on any atom is -0.336 e. The van der Waals surface area contributed by atoms with Crippen molar-refractivity contribution in [1.29, 1.82) is 0 Å². The maximum atomic E-state index is 12.8. The second kappa shape index (κ2) is 6.61. The van der Waals surface area contributed by atoms with E-state index in [9.17, 15) is 13.2 Å². The first-order chi connectivity index (χ1) is 11.0. The maximum absolute atomic E-state index is 12.8. The summed E-state index contributed by atoms with van der Waals surface area (Å²) in [5, 5.41) is 0. The van der Waals surface area contributed by atoms with E-state index in [0.717, 1.165) is 38.5 Å². The number of amides is 1. The smallest absolute Gasteiger partial charge is 0.254 e. The van der Waals surface area contributed by atoms with Crippen molar-refractivity contribution in [3.05, 3.63) is 29.8 Å². The molecule has 126 valence electrons. The van der Waals surface area contributed by atoms with E-state index in [1.807, 2.05) is 11.8 Å². The highest BCUT2D eigenvalue weighted by Gasteiger charge is 2.29. The molecule has 3 rings (SSSR count). The van der Waals surface area contributed by atoms with Gasteiger partial charge in [0.1, 0.15) is 0 Å². The molecule has 2 fully saturated rings. The molecule has 0 heterocycles. The zero-order valence-corrected chi connectivity index (χ0v) is 14.3. The van der Waals surface area contributed by atoms with Crippen molar-refractivity contribution in [3.63, 3.8) is 0 Å². The summed E-state index contributed by atoms with van der Waals surface area (Å²) < 4.78 is 27.3. The molecule has 1 aromatic rings. The van der Waals surface area contributed by atoms with Gasteiger partial charge in [-0.25, -0.2) is 13.1 Å². The monoisotopic (exact) mass is 336 g/mol. The van der Waals surface area contributed by atoms with Gasteiger partial charge in [0, 0.05) is 24.2 Å². The van der Waals surface area contributed by atoms with Crippen LogP contribution < -0.4 is 4.72 Å². The van der Waals surface area contributed by atoms with E-state index in [2.05, 4.69) is 4.72 Å². The number of carbonyl (C=O) groups is 1. The van der Waals surface area contributed by atoms with Gasteiger partial charge >= 0.3 is 0 Å². The van der Waals surface area contributed by atoms with Crippen LogP contribution in [0.4, 0.5) is 0 Å². The largest absolute Gasteiger partial charge is 0.336 e. The fourth-order valence-electron chi connectivity index (χ4n) is 3.23. The van der Waals surface area contributed by atoms with Gasteiger partial charge in [0.15, 0.2) is 0 Å². The highest BCUT2D eigenvalue weighted by molar-refractivity contribution is 7.89. The number of hydrogen-bond acceptors (Lipinski definition) is 3. The summed E-state index contributed by atoms with van der Waals surface area (Å²) in [6.07, 6.45) is 6.19. The first kappa shape index (κ1) is 16.5. The SMILES string of the molecule is CCN(C(=O)c1cccc(S(=O)(=O)NC2CC2)c1)C1CCCC1. The van der Waals surface area contributed by atoms with Crippen LogP contribution in [-0.2, 0) is 10.0 Å². The molecule has 1 amide bonds. The van der Waals surface area contributed by atoms with Crippen LogP contribution in [-0.4, -0.2) is 37.9 Å². The lowest BCUT2D eigenvalue weighted by molar-refractivity contribution is 0.0693. The topological polar surface area (TPSA) is 66.5 Å². The number of carbonyl (C=O) groups excluding carboxylic acids is 1. The predicted octanol–water partition coefficient (Wildman–Crippen LogP) is 2.53. The van der Waals surface area contributed by atoms with Crippen LogP contribution in [0.25, 0.3) is 0 Å². The molecule has 2 saturated carbocycles. The van der Waals surface area contributed by atoms with Gasteiger partial charge < -0.3 is 4.90 Å². The number of rotatable bonds is 6. The van der Waals surface area contributed by atoms with Crippen molar-refractivity contribution in [3.8, 4) is 0 Å². The maximum Gasteiger partial charge on any atom is 0.254 e. The molecule has 6 heteroatoms. The molecule has 0 saturated heterocycles. The number of benzene rings is 1. The van der Waals surface area contributed by atoms with Gasteiger partial charge in [-0.05, 0) is 50.8 Å². The lowest BCUT2D eigenvalue weighted by Gasteiger charge is -2.27. The Morgan fingerprint density at radius 3 is 2.52 bits per heavy atom. The second-order valence-electron chi connectivity index (χ2n) is 6.45. The molecular formula is C17H24N2O3S. The summed E-state index contributed by atoms with van der Waals surface area (Å²) in [6, 6.07) is 6.76. The third kappa shape index (κ3) is 3.75. The van der Waals surface area contributed by atoms with Crippen LogP contribution in [0.5, 0.6) is 0 Å². The Bertz CT molecular complexity index is 677. The number of nitrogens with one attached hydrogen (secondary N) is 1. The molecule has 1 N–H and O–H groups in total. The lowest BCUT2D eigenvalue weighted by Crippen LogP contribution is -2.38. The Kier molecular flexibility index (Phi) is 4.73. The molecule has 2 aliphatic carbocycles. The third-order valence-electron chi connectivity index (χ3n) is 4.66. The fourth-order valence-corrected chi connectivity index (χ4v) is 4.58. The van der Waals surface area contributed by atoms with E-state index in [-0.39, 0.29) is 22.9 Å². The number of nitrogens with zero attached hydrogens (tertiary/aromatic N) is 1. The zero-order chi connectivity index (χ0) is 16.4. The van der Waals surface area contributed by atoms with Crippen LogP contribution in [0, 0.1) is 0 Å². The number of hydrogen-bond donors (Lipinski definition) is 1. The van der Waals surface area contributed by atoms with Crippen molar-refractivity contribution >= 4 is 15.9 Å². The molecule has 0 spiro atoms. The molecule has 5 nitrogen and oxygen atoms in total. The number of sulfonamides is 1. The van der Waals surface area contributed by atoms with Crippen LogP contribution in [0.1, 0.15) is 55.8 Å². The second-order valence-corrected chi connectivity index (χ2v) is 8.17. The summed E-state index contributed by atoms with van der Waals surface area (Å²) in [5.74, 6) is -0.0668. The van der Waals surface area contributed by atoms with E-state index in [1.165, 1.54) is 6.07 Å². The molecule has 0 aliphatic heterocycles. The minimum absolute atomic E-state index is 0.0602. The van der Waals surface area contributed by atoms with Gasteiger partial charge in [-0.15, -0.1) is 0 Å². The Labute approximate surface area is 138 Å². The molecule has 0 aromatic heterocycles. The highest BCUT2D eigenvalue weighted by Crippen LogP contribution is 2.26. The average Bonchev–Trinajstić information content (AvgIpc) is 3.18. The van der Waals surface area contributed by atoms with E-state index in [4.69, 9.17) is 0 Å². The van der Waals surface area contributed by atoms with Gasteiger partial charge in [0.05, 0.1) is 4.90 Å². The predicted molar refractivity (Wildman–Crippen MR) is 88.8 cm³/mol. The summed E-state index contributed by atoms with van der Waals surface area (Å²) >= 11 is 0. The Morgan fingerprint density at radius 2 is 1.91 bits per heavy atom. The van der Waals surface area contributed by atoms with Crippen LogP contribution >= 0.6 is 0 Å². The molecule has 0 bridgehead atoms. The Hall–Kier alpha value is -1.40. The highest BCUT2D eigenvalue weighted by atomic mass is 32.2. The normalized spacial score (nSPS) is 19.0. The van der Waals surface area contributed by atoms with Crippen LogP contribution in [0.2, 0.25) is 0 Å². The summed E-state index contributed by atoms with van der Waals surface area (Å²) in [6.45, 7) is 2.63. The summed E-state index contributed by atoms with van der Waals surface area (Å²) in [5.41, 5.74) is 0.456. The molecule has 0 radical (unpaired) electrons. The van der Waals surface area contributed by atoms with E-state index in [1.54, 1.807) is 18.2 Å². The molecule has 1 aromatic carbocycles. The fraction of sp³-hybridized carbons (Fsp3) is 0.588. The molecule has 23 heavy (non-hydrogen) atoms. The molecule has 2 aliphatic rings. The van der Waals surface area contributed by atoms with Crippen LogP contribution in [0.3, 0.4) is 0 Å². The minimum atomic E-state index is -3.53. The quantitative estimate of drug-likeness (QED) is 0.868. The first-order valence-corrected chi connectivity index (χ1v) is 9.93. The van der Waals surface area contributed by atoms with Crippen LogP contribution in [0.15, 0.2) is 29.2 Å². The summed E-state index contributed by atoms with van der Waals surface area (Å²) in [4.78, 5) is 14.8. The van der Waals surface area contributed by atoms with E-state index in [0.29, 0.717) is 12.1 Å². The van der Waals surface area contributed by atoms with Crippen molar-refractivity contribution in [2.75, 3.05) is 6.54 Å². The molecule has 0 atom stereocenters.